The van der Waals surface area contributed by atoms with E-state index in [0.717, 1.165) is 0 Å². The molecule has 88 valence electrons. The predicted octanol–water partition coefficient (Wildman–Crippen LogP) is -0.452. The summed E-state index contributed by atoms with van der Waals surface area (Å²) in [5, 5.41) is 23.1. The van der Waals surface area contributed by atoms with Crippen LogP contribution in [0.5, 0.6) is 0 Å². The lowest BCUT2D eigenvalue weighted by Crippen LogP contribution is -2.41. The number of carboxylic acid groups (broad SMARTS) is 1. The molecule has 16 heavy (non-hydrogen) atoms. The van der Waals surface area contributed by atoms with Gasteiger partial charge in [0.15, 0.2) is 0 Å². The van der Waals surface area contributed by atoms with Crippen LogP contribution >= 0.6 is 0 Å². The molecule has 0 bridgehead atoms. The molecule has 1 heterocycles. The summed E-state index contributed by atoms with van der Waals surface area (Å²) in [6, 6.07) is -1.12. The van der Waals surface area contributed by atoms with Crippen molar-refractivity contribution in [1.82, 2.24) is 10.5 Å². The van der Waals surface area contributed by atoms with Crippen molar-refractivity contribution in [1.29, 1.82) is 0 Å². The summed E-state index contributed by atoms with van der Waals surface area (Å²) in [7, 11) is 0. The largest absolute Gasteiger partial charge is 0.480 e. The van der Waals surface area contributed by atoms with Crippen molar-refractivity contribution in [3.63, 3.8) is 0 Å². The van der Waals surface area contributed by atoms with Crippen LogP contribution in [0.2, 0.25) is 0 Å². The number of hydrogen-bond donors (Lipinski definition) is 3. The van der Waals surface area contributed by atoms with E-state index in [9.17, 15) is 9.59 Å². The Morgan fingerprint density at radius 2 is 2.31 bits per heavy atom. The molecule has 1 rings (SSSR count). The first-order valence-electron chi connectivity index (χ1n) is 4.62. The van der Waals surface area contributed by atoms with E-state index in [1.54, 1.807) is 6.92 Å². The van der Waals surface area contributed by atoms with Gasteiger partial charge in [0.1, 0.15) is 17.4 Å². The quantitative estimate of drug-likeness (QED) is 0.629. The lowest BCUT2D eigenvalue weighted by atomic mass is 10.2. The summed E-state index contributed by atoms with van der Waals surface area (Å²) in [5.74, 6) is -1.47. The number of aliphatic hydroxyl groups is 1. The average Bonchev–Trinajstić information content (AvgIpc) is 2.63. The minimum absolute atomic E-state index is 0.0502. The number of aliphatic hydroxyl groups excluding tert-OH is 1. The van der Waals surface area contributed by atoms with Gasteiger partial charge in [-0.25, -0.2) is 4.79 Å². The molecule has 0 aliphatic heterocycles. The number of hydrogen-bond acceptors (Lipinski definition) is 5. The molecule has 7 nitrogen and oxygen atoms in total. The second-order valence-corrected chi connectivity index (χ2v) is 3.17. The Hall–Kier alpha value is -1.89. The maximum atomic E-state index is 11.6. The van der Waals surface area contributed by atoms with Crippen LogP contribution in [0.15, 0.2) is 10.7 Å². The van der Waals surface area contributed by atoms with Crippen molar-refractivity contribution in [3.8, 4) is 0 Å². The van der Waals surface area contributed by atoms with Crippen LogP contribution in [0.4, 0.5) is 0 Å². The molecule has 0 radical (unpaired) electrons. The standard InChI is InChI=1S/C9H12N2O5/c1-5-6(4-10-16-5)8(13)11-7(2-3-12)9(14)15/h4,7,12H,2-3H2,1H3,(H,11,13)(H,14,15)/t7-/m0/s1. The van der Waals surface area contributed by atoms with Crippen molar-refractivity contribution in [3.05, 3.63) is 17.5 Å². The number of carbonyl (C=O) groups is 2. The minimum Gasteiger partial charge on any atom is -0.480 e. The fourth-order valence-corrected chi connectivity index (χ4v) is 1.14. The van der Waals surface area contributed by atoms with Crippen molar-refractivity contribution in [2.24, 2.45) is 0 Å². The van der Waals surface area contributed by atoms with Gasteiger partial charge in [0, 0.05) is 13.0 Å². The Kier molecular flexibility index (Phi) is 4.01. The number of carbonyl (C=O) groups excluding carboxylic acids is 1. The van der Waals surface area contributed by atoms with Crippen LogP contribution < -0.4 is 5.32 Å². The molecule has 7 heteroatoms. The molecule has 1 atom stereocenters. The third-order valence-electron chi connectivity index (χ3n) is 2.02. The molecule has 1 aromatic rings. The monoisotopic (exact) mass is 228 g/mol. The summed E-state index contributed by atoms with van der Waals surface area (Å²) in [4.78, 5) is 22.3. The van der Waals surface area contributed by atoms with E-state index >= 15 is 0 Å². The Morgan fingerprint density at radius 1 is 1.62 bits per heavy atom. The van der Waals surface area contributed by atoms with Gasteiger partial charge in [0.05, 0.1) is 6.20 Å². The number of aliphatic carboxylic acids is 1. The zero-order valence-electron chi connectivity index (χ0n) is 8.64. The van der Waals surface area contributed by atoms with Gasteiger partial charge in [-0.1, -0.05) is 5.16 Å². The van der Waals surface area contributed by atoms with Crippen LogP contribution in [0.25, 0.3) is 0 Å². The van der Waals surface area contributed by atoms with Gasteiger partial charge < -0.3 is 20.1 Å². The molecule has 1 amide bonds. The number of carboxylic acids is 1. The highest BCUT2D eigenvalue weighted by molar-refractivity contribution is 5.97. The van der Waals surface area contributed by atoms with Crippen molar-refractivity contribution in [2.75, 3.05) is 6.61 Å². The number of nitrogens with one attached hydrogen (secondary N) is 1. The maximum Gasteiger partial charge on any atom is 0.326 e. The first-order valence-corrected chi connectivity index (χ1v) is 4.62. The van der Waals surface area contributed by atoms with E-state index in [2.05, 4.69) is 15.0 Å². The highest BCUT2D eigenvalue weighted by Crippen LogP contribution is 2.06. The first-order chi connectivity index (χ1) is 7.56. The van der Waals surface area contributed by atoms with Crippen molar-refractivity contribution < 1.29 is 24.3 Å². The summed E-state index contributed by atoms with van der Waals surface area (Å²) < 4.78 is 4.68. The Bertz CT molecular complexity index is 387. The van der Waals surface area contributed by atoms with Crippen LogP contribution in [0.1, 0.15) is 22.5 Å². The average molecular weight is 228 g/mol. The molecular weight excluding hydrogens is 216 g/mol. The van der Waals surface area contributed by atoms with Gasteiger partial charge in [0.25, 0.3) is 5.91 Å². The second kappa shape index (κ2) is 5.26. The van der Waals surface area contributed by atoms with Crippen LogP contribution in [0.3, 0.4) is 0 Å². The van der Waals surface area contributed by atoms with Gasteiger partial charge in [-0.15, -0.1) is 0 Å². The van der Waals surface area contributed by atoms with E-state index in [0.29, 0.717) is 5.76 Å². The van der Waals surface area contributed by atoms with Gasteiger partial charge in [-0.2, -0.15) is 0 Å². The molecular formula is C9H12N2O5. The number of rotatable bonds is 5. The zero-order valence-corrected chi connectivity index (χ0v) is 8.64. The third kappa shape index (κ3) is 2.80. The Morgan fingerprint density at radius 3 is 2.75 bits per heavy atom. The van der Waals surface area contributed by atoms with Crippen LogP contribution in [-0.4, -0.2) is 39.9 Å². The fraction of sp³-hybridized carbons (Fsp3) is 0.444. The highest BCUT2D eigenvalue weighted by atomic mass is 16.5. The molecule has 3 N–H and O–H groups in total. The van der Waals surface area contributed by atoms with Gasteiger partial charge in [0.2, 0.25) is 0 Å². The summed E-state index contributed by atoms with van der Waals surface area (Å²) in [5.41, 5.74) is 0.184. The van der Waals surface area contributed by atoms with E-state index in [1.807, 2.05) is 0 Å². The summed E-state index contributed by atoms with van der Waals surface area (Å²) in [6.07, 6.45) is 1.16. The molecule has 0 fully saturated rings. The lowest BCUT2D eigenvalue weighted by Gasteiger charge is -2.12. The number of nitrogens with zero attached hydrogens (tertiary/aromatic N) is 1. The zero-order chi connectivity index (χ0) is 12.1. The Balaban J connectivity index is 2.69. The van der Waals surface area contributed by atoms with Crippen LogP contribution in [-0.2, 0) is 4.79 Å². The number of aryl methyl sites for hydroxylation is 1. The van der Waals surface area contributed by atoms with Gasteiger partial charge >= 0.3 is 5.97 Å². The maximum absolute atomic E-state index is 11.6. The van der Waals surface area contributed by atoms with Crippen molar-refractivity contribution >= 4 is 11.9 Å². The fourth-order valence-electron chi connectivity index (χ4n) is 1.14. The van der Waals surface area contributed by atoms with E-state index in [-0.39, 0.29) is 18.6 Å². The second-order valence-electron chi connectivity index (χ2n) is 3.17. The highest BCUT2D eigenvalue weighted by Gasteiger charge is 2.22. The van der Waals surface area contributed by atoms with E-state index in [1.165, 1.54) is 6.20 Å². The van der Waals surface area contributed by atoms with Gasteiger partial charge in [-0.3, -0.25) is 4.79 Å². The van der Waals surface area contributed by atoms with E-state index in [4.69, 9.17) is 10.2 Å². The summed E-state index contributed by atoms with van der Waals surface area (Å²) >= 11 is 0. The van der Waals surface area contributed by atoms with Crippen LogP contribution in [0, 0.1) is 6.92 Å². The smallest absolute Gasteiger partial charge is 0.326 e. The molecule has 0 aromatic carbocycles. The predicted molar refractivity (Wildman–Crippen MR) is 51.8 cm³/mol. The first kappa shape index (κ1) is 12.2. The molecule has 1 aromatic heterocycles. The number of amides is 1. The third-order valence-corrected chi connectivity index (χ3v) is 2.02. The molecule has 0 spiro atoms. The number of aromatic nitrogens is 1. The molecule has 0 aliphatic rings. The minimum atomic E-state index is -1.20. The molecule has 0 unspecified atom stereocenters. The van der Waals surface area contributed by atoms with E-state index < -0.39 is 17.9 Å². The lowest BCUT2D eigenvalue weighted by molar-refractivity contribution is -0.139. The topological polar surface area (TPSA) is 113 Å². The normalized spacial score (nSPS) is 12.1. The molecule has 0 saturated heterocycles. The summed E-state index contributed by atoms with van der Waals surface area (Å²) in [6.45, 7) is 1.23. The van der Waals surface area contributed by atoms with Crippen molar-refractivity contribution in [2.45, 2.75) is 19.4 Å². The SMILES string of the molecule is Cc1oncc1C(=O)N[C@@H](CCO)C(=O)O. The van der Waals surface area contributed by atoms with Gasteiger partial charge in [-0.05, 0) is 6.92 Å². The molecule has 0 saturated carbocycles. The molecule has 0 aliphatic carbocycles. The Labute approximate surface area is 91.0 Å².